The summed E-state index contributed by atoms with van der Waals surface area (Å²) >= 11 is 5.89. The third kappa shape index (κ3) is 5.19. The van der Waals surface area contributed by atoms with E-state index in [0.29, 0.717) is 18.1 Å². The van der Waals surface area contributed by atoms with E-state index in [-0.39, 0.29) is 6.10 Å². The monoisotopic (exact) mass is 360 g/mol. The van der Waals surface area contributed by atoms with E-state index in [0.717, 1.165) is 31.7 Å². The molecule has 2 aromatic carbocycles. The Morgan fingerprint density at radius 1 is 1.08 bits per heavy atom. The molecule has 3 N–H and O–H groups in total. The molecule has 5 heteroatoms. The van der Waals surface area contributed by atoms with Crippen LogP contribution in [0.2, 0.25) is 5.02 Å². The lowest BCUT2D eigenvalue weighted by molar-refractivity contribution is -0.0274. The van der Waals surface area contributed by atoms with Gasteiger partial charge in [-0.25, -0.2) is 0 Å². The minimum atomic E-state index is -0.499. The summed E-state index contributed by atoms with van der Waals surface area (Å²) in [4.78, 5) is 2.27. The van der Waals surface area contributed by atoms with Crippen LogP contribution in [0.5, 0.6) is 5.75 Å². The quantitative estimate of drug-likeness (QED) is 0.831. The Morgan fingerprint density at radius 2 is 1.76 bits per heavy atom. The van der Waals surface area contributed by atoms with E-state index in [4.69, 9.17) is 22.1 Å². The Hall–Kier alpha value is -1.59. The molecule has 0 spiro atoms. The average molecular weight is 361 g/mol. The van der Waals surface area contributed by atoms with Gasteiger partial charge in [-0.1, -0.05) is 35.9 Å². The second-order valence-electron chi connectivity index (χ2n) is 6.56. The highest BCUT2D eigenvalue weighted by Gasteiger charge is 2.29. The number of aliphatic hydroxyl groups excluding tert-OH is 1. The standard InChI is InChI=1S/C20H25ClN2O2/c21-17-5-7-18(8-6-17)25-20-10-12-23(14-19(20)24)13-16-3-1-15(2-4-16)9-11-22/h1-8,19-20,24H,9-14,22H2/t19-,20-/m1/s1. The van der Waals surface area contributed by atoms with Gasteiger partial charge < -0.3 is 15.6 Å². The molecule has 0 unspecified atom stereocenters. The third-order valence-electron chi connectivity index (χ3n) is 4.57. The first-order chi connectivity index (χ1) is 12.1. The van der Waals surface area contributed by atoms with Crippen LogP contribution in [0.25, 0.3) is 0 Å². The highest BCUT2D eigenvalue weighted by atomic mass is 35.5. The molecule has 25 heavy (non-hydrogen) atoms. The summed E-state index contributed by atoms with van der Waals surface area (Å²) in [5, 5.41) is 11.1. The van der Waals surface area contributed by atoms with Gasteiger partial charge in [-0.05, 0) is 54.8 Å². The maximum absolute atomic E-state index is 10.4. The molecule has 2 atom stereocenters. The molecule has 0 aromatic heterocycles. The Morgan fingerprint density at radius 3 is 2.40 bits per heavy atom. The first kappa shape index (κ1) is 18.2. The van der Waals surface area contributed by atoms with Crippen molar-refractivity contribution in [2.75, 3.05) is 19.6 Å². The van der Waals surface area contributed by atoms with Crippen molar-refractivity contribution in [2.45, 2.75) is 31.6 Å². The summed E-state index contributed by atoms with van der Waals surface area (Å²) in [6.07, 6.45) is 1.03. The normalized spacial score (nSPS) is 21.2. The molecule has 3 rings (SSSR count). The molecule has 1 aliphatic rings. The van der Waals surface area contributed by atoms with Gasteiger partial charge >= 0.3 is 0 Å². The van der Waals surface area contributed by atoms with Crippen molar-refractivity contribution in [3.63, 3.8) is 0 Å². The van der Waals surface area contributed by atoms with Gasteiger partial charge in [0, 0.05) is 24.7 Å². The van der Waals surface area contributed by atoms with Gasteiger partial charge in [0.15, 0.2) is 0 Å². The maximum atomic E-state index is 10.4. The topological polar surface area (TPSA) is 58.7 Å². The molecular formula is C20H25ClN2O2. The molecule has 0 bridgehead atoms. The molecule has 0 amide bonds. The van der Waals surface area contributed by atoms with Gasteiger partial charge in [0.1, 0.15) is 18.0 Å². The Kier molecular flexibility index (Phi) is 6.32. The van der Waals surface area contributed by atoms with Crippen molar-refractivity contribution in [1.29, 1.82) is 0 Å². The van der Waals surface area contributed by atoms with E-state index < -0.39 is 6.10 Å². The van der Waals surface area contributed by atoms with Crippen LogP contribution in [0.1, 0.15) is 17.5 Å². The predicted molar refractivity (Wildman–Crippen MR) is 101 cm³/mol. The van der Waals surface area contributed by atoms with Crippen LogP contribution in [0.3, 0.4) is 0 Å². The van der Waals surface area contributed by atoms with E-state index in [1.54, 1.807) is 12.1 Å². The number of nitrogens with zero attached hydrogens (tertiary/aromatic N) is 1. The Bertz CT molecular complexity index is 660. The van der Waals surface area contributed by atoms with Gasteiger partial charge in [-0.15, -0.1) is 0 Å². The number of ether oxygens (including phenoxy) is 1. The van der Waals surface area contributed by atoms with Gasteiger partial charge in [-0.3, -0.25) is 4.90 Å². The van der Waals surface area contributed by atoms with E-state index in [1.165, 1.54) is 11.1 Å². The molecule has 1 aliphatic heterocycles. The number of benzene rings is 2. The molecule has 1 saturated heterocycles. The highest BCUT2D eigenvalue weighted by molar-refractivity contribution is 6.30. The van der Waals surface area contributed by atoms with Gasteiger partial charge in [0.2, 0.25) is 0 Å². The van der Waals surface area contributed by atoms with E-state index in [2.05, 4.69) is 29.2 Å². The van der Waals surface area contributed by atoms with Gasteiger partial charge in [0.05, 0.1) is 0 Å². The summed E-state index contributed by atoms with van der Waals surface area (Å²) in [6, 6.07) is 15.8. The second-order valence-corrected chi connectivity index (χ2v) is 6.99. The maximum Gasteiger partial charge on any atom is 0.127 e. The van der Waals surface area contributed by atoms with Crippen molar-refractivity contribution in [3.8, 4) is 5.75 Å². The van der Waals surface area contributed by atoms with E-state index >= 15 is 0 Å². The number of rotatable bonds is 6. The zero-order valence-corrected chi connectivity index (χ0v) is 15.0. The lowest BCUT2D eigenvalue weighted by Gasteiger charge is -2.36. The fourth-order valence-electron chi connectivity index (χ4n) is 3.18. The second kappa shape index (κ2) is 8.68. The van der Waals surface area contributed by atoms with E-state index in [9.17, 15) is 5.11 Å². The number of hydrogen-bond acceptors (Lipinski definition) is 4. The summed E-state index contributed by atoms with van der Waals surface area (Å²) in [6.45, 7) is 3.03. The van der Waals surface area contributed by atoms with Crippen LogP contribution in [0.15, 0.2) is 48.5 Å². The number of aliphatic hydroxyl groups is 1. The van der Waals surface area contributed by atoms with Crippen molar-refractivity contribution < 1.29 is 9.84 Å². The lowest BCUT2D eigenvalue weighted by Crippen LogP contribution is -2.48. The number of likely N-dealkylation sites (tertiary alicyclic amines) is 1. The summed E-state index contributed by atoms with van der Waals surface area (Å²) in [5.74, 6) is 0.748. The highest BCUT2D eigenvalue weighted by Crippen LogP contribution is 2.22. The fourth-order valence-corrected chi connectivity index (χ4v) is 3.31. The number of β-amino-alcohol motifs (C(OH)–C–C–N with tert-alkyl or cyclic N) is 1. The van der Waals surface area contributed by atoms with Crippen LogP contribution >= 0.6 is 11.6 Å². The van der Waals surface area contributed by atoms with Crippen molar-refractivity contribution >= 4 is 11.6 Å². The smallest absolute Gasteiger partial charge is 0.127 e. The Labute approximate surface area is 154 Å². The number of piperidine rings is 1. The lowest BCUT2D eigenvalue weighted by atomic mass is 10.0. The van der Waals surface area contributed by atoms with Gasteiger partial charge in [0.25, 0.3) is 0 Å². The molecule has 0 saturated carbocycles. The summed E-state index contributed by atoms with van der Waals surface area (Å²) in [7, 11) is 0. The molecule has 0 aliphatic carbocycles. The minimum Gasteiger partial charge on any atom is -0.488 e. The number of halogens is 1. The van der Waals surface area contributed by atoms with E-state index in [1.807, 2.05) is 12.1 Å². The molecule has 1 fully saturated rings. The Balaban J connectivity index is 1.51. The average Bonchev–Trinajstić information content (AvgIpc) is 2.61. The van der Waals surface area contributed by atoms with Crippen LogP contribution < -0.4 is 10.5 Å². The molecule has 4 nitrogen and oxygen atoms in total. The number of hydrogen-bond donors (Lipinski definition) is 2. The zero-order valence-electron chi connectivity index (χ0n) is 14.3. The molecule has 1 heterocycles. The van der Waals surface area contributed by atoms with Gasteiger partial charge in [-0.2, -0.15) is 0 Å². The first-order valence-corrected chi connectivity index (χ1v) is 9.12. The largest absolute Gasteiger partial charge is 0.488 e. The molecule has 134 valence electrons. The van der Waals surface area contributed by atoms with Crippen molar-refractivity contribution in [3.05, 3.63) is 64.7 Å². The van der Waals surface area contributed by atoms with Crippen LogP contribution in [-0.2, 0) is 13.0 Å². The SMILES string of the molecule is NCCc1ccc(CN2CC[C@@H](Oc3ccc(Cl)cc3)[C@H](O)C2)cc1. The van der Waals surface area contributed by atoms with Crippen LogP contribution in [0, 0.1) is 0 Å². The minimum absolute atomic E-state index is 0.177. The van der Waals surface area contributed by atoms with Crippen LogP contribution in [-0.4, -0.2) is 41.8 Å². The number of nitrogens with two attached hydrogens (primary N) is 1. The first-order valence-electron chi connectivity index (χ1n) is 8.74. The summed E-state index contributed by atoms with van der Waals surface area (Å²) < 4.78 is 5.92. The van der Waals surface area contributed by atoms with Crippen molar-refractivity contribution in [1.82, 2.24) is 4.90 Å². The third-order valence-corrected chi connectivity index (χ3v) is 4.82. The van der Waals surface area contributed by atoms with Crippen LogP contribution in [0.4, 0.5) is 0 Å². The predicted octanol–water partition coefficient (Wildman–Crippen LogP) is 2.86. The summed E-state index contributed by atoms with van der Waals surface area (Å²) in [5.41, 5.74) is 8.10. The molecule has 0 radical (unpaired) electrons. The zero-order chi connectivity index (χ0) is 17.6. The molecule has 2 aromatic rings. The van der Waals surface area contributed by atoms with Crippen molar-refractivity contribution in [2.24, 2.45) is 5.73 Å². The molecular weight excluding hydrogens is 336 g/mol. The fraction of sp³-hybridized carbons (Fsp3) is 0.400.